The van der Waals surface area contributed by atoms with E-state index in [9.17, 15) is 13.2 Å². The van der Waals surface area contributed by atoms with Gasteiger partial charge in [-0.15, -0.1) is 0 Å². The molecule has 1 aliphatic heterocycles. The largest absolute Gasteiger partial charge is 0.354 e. The summed E-state index contributed by atoms with van der Waals surface area (Å²) >= 11 is 0. The summed E-state index contributed by atoms with van der Waals surface area (Å²) in [5, 5.41) is 5.14. The van der Waals surface area contributed by atoms with Crippen molar-refractivity contribution in [1.82, 2.24) is 10.6 Å². The molecule has 5 nitrogen and oxygen atoms in total. The Morgan fingerprint density at radius 3 is 2.73 bits per heavy atom. The number of hydrogen-bond acceptors (Lipinski definition) is 4. The van der Waals surface area contributed by atoms with Gasteiger partial charge >= 0.3 is 0 Å². The van der Waals surface area contributed by atoms with Gasteiger partial charge in [0.25, 0.3) is 0 Å². The van der Waals surface area contributed by atoms with Crippen LogP contribution in [0.15, 0.2) is 0 Å². The van der Waals surface area contributed by atoms with Crippen LogP contribution in [0, 0.1) is 0 Å². The maximum atomic E-state index is 11.4. The highest BCUT2D eigenvalue weighted by atomic mass is 32.2. The Hall–Kier alpha value is -0.620. The highest BCUT2D eigenvalue weighted by Gasteiger charge is 2.31. The fourth-order valence-corrected chi connectivity index (χ4v) is 3.38. The van der Waals surface area contributed by atoms with Crippen molar-refractivity contribution in [2.45, 2.75) is 25.0 Å². The van der Waals surface area contributed by atoms with E-state index in [0.29, 0.717) is 6.42 Å². The lowest BCUT2D eigenvalue weighted by atomic mass is 10.2. The third kappa shape index (κ3) is 3.79. The summed E-state index contributed by atoms with van der Waals surface area (Å²) in [6, 6.07) is 0. The molecule has 0 aromatic carbocycles. The number of carbonyl (C=O) groups is 1. The summed E-state index contributed by atoms with van der Waals surface area (Å²) in [5.74, 6) is 0.125. The Morgan fingerprint density at radius 1 is 1.47 bits per heavy atom. The molecule has 1 fully saturated rings. The molecule has 6 heteroatoms. The molecule has 0 aromatic heterocycles. The van der Waals surface area contributed by atoms with Crippen molar-refractivity contribution in [3.05, 3.63) is 0 Å². The quantitative estimate of drug-likeness (QED) is 0.659. The molecule has 0 bridgehead atoms. The van der Waals surface area contributed by atoms with Crippen LogP contribution in [0.3, 0.4) is 0 Å². The number of likely N-dealkylation sites (N-methyl/N-ethyl adjacent to an activating group) is 1. The molecule has 0 aliphatic carbocycles. The van der Waals surface area contributed by atoms with E-state index >= 15 is 0 Å². The Balaban J connectivity index is 2.28. The van der Waals surface area contributed by atoms with Gasteiger partial charge in [0.15, 0.2) is 9.84 Å². The van der Waals surface area contributed by atoms with Gasteiger partial charge in [0.05, 0.1) is 17.5 Å². The molecule has 0 spiro atoms. The fraction of sp³-hybridized carbons (Fsp3) is 0.889. The maximum absolute atomic E-state index is 11.4. The van der Waals surface area contributed by atoms with Crippen molar-refractivity contribution in [3.63, 3.8) is 0 Å². The summed E-state index contributed by atoms with van der Waals surface area (Å²) in [4.78, 5) is 11.2. The van der Waals surface area contributed by atoms with Crippen LogP contribution in [0.2, 0.25) is 0 Å². The number of nitrogens with one attached hydrogen (secondary N) is 2. The second-order valence-corrected chi connectivity index (χ2v) is 6.12. The Labute approximate surface area is 90.5 Å². The lowest BCUT2D eigenvalue weighted by Crippen LogP contribution is -2.39. The van der Waals surface area contributed by atoms with Crippen molar-refractivity contribution < 1.29 is 13.2 Å². The van der Waals surface area contributed by atoms with Crippen molar-refractivity contribution in [2.75, 3.05) is 25.4 Å². The van der Waals surface area contributed by atoms with Crippen molar-refractivity contribution in [1.29, 1.82) is 0 Å². The smallest absolute Gasteiger partial charge is 0.233 e. The van der Waals surface area contributed by atoms with E-state index in [1.165, 1.54) is 0 Å². The molecular formula is C9H18N2O3S. The fourth-order valence-electron chi connectivity index (χ4n) is 1.62. The predicted octanol–water partition coefficient (Wildman–Crippen LogP) is -0.711. The van der Waals surface area contributed by atoms with E-state index in [0.717, 1.165) is 13.0 Å². The van der Waals surface area contributed by atoms with Gasteiger partial charge in [-0.2, -0.15) is 0 Å². The third-order valence-corrected chi connectivity index (χ3v) is 4.80. The molecule has 0 saturated carbocycles. The number of hydrogen-bond donors (Lipinski definition) is 2. The topological polar surface area (TPSA) is 75.3 Å². The van der Waals surface area contributed by atoms with Gasteiger partial charge < -0.3 is 10.6 Å². The molecule has 1 atom stereocenters. The first-order valence-electron chi connectivity index (χ1n) is 5.25. The normalized spacial score (nSPS) is 23.9. The molecule has 88 valence electrons. The Bertz CT molecular complexity index is 313. The zero-order valence-corrected chi connectivity index (χ0v) is 9.77. The molecule has 1 aliphatic rings. The second kappa shape index (κ2) is 5.46. The van der Waals surface area contributed by atoms with Gasteiger partial charge in [-0.3, -0.25) is 4.79 Å². The predicted molar refractivity (Wildman–Crippen MR) is 58.4 cm³/mol. The summed E-state index contributed by atoms with van der Waals surface area (Å²) < 4.78 is 22.8. The van der Waals surface area contributed by atoms with Crippen LogP contribution in [0.4, 0.5) is 0 Å². The van der Waals surface area contributed by atoms with Crippen LogP contribution in [-0.2, 0) is 14.6 Å². The van der Waals surface area contributed by atoms with Gasteiger partial charge in [-0.1, -0.05) is 6.92 Å². The first kappa shape index (κ1) is 12.4. The molecule has 0 aromatic rings. The van der Waals surface area contributed by atoms with Crippen LogP contribution < -0.4 is 10.6 Å². The van der Waals surface area contributed by atoms with E-state index in [-0.39, 0.29) is 30.0 Å². The minimum Gasteiger partial charge on any atom is -0.354 e. The zero-order valence-electron chi connectivity index (χ0n) is 8.95. The van der Waals surface area contributed by atoms with Crippen LogP contribution in [-0.4, -0.2) is 45.0 Å². The van der Waals surface area contributed by atoms with E-state index < -0.39 is 9.84 Å². The summed E-state index contributed by atoms with van der Waals surface area (Å²) in [6.45, 7) is 3.15. The number of rotatable bonds is 5. The van der Waals surface area contributed by atoms with E-state index in [4.69, 9.17) is 0 Å². The van der Waals surface area contributed by atoms with Gasteiger partial charge in [0.1, 0.15) is 0 Å². The van der Waals surface area contributed by atoms with E-state index in [1.807, 2.05) is 6.92 Å². The van der Waals surface area contributed by atoms with Gasteiger partial charge in [-0.25, -0.2) is 8.42 Å². The summed E-state index contributed by atoms with van der Waals surface area (Å²) in [5.41, 5.74) is 0. The Kier molecular flexibility index (Phi) is 4.53. The van der Waals surface area contributed by atoms with Gasteiger partial charge in [0, 0.05) is 6.54 Å². The lowest BCUT2D eigenvalue weighted by Gasteiger charge is -2.10. The minimum atomic E-state index is -2.94. The van der Waals surface area contributed by atoms with E-state index in [2.05, 4.69) is 10.6 Å². The lowest BCUT2D eigenvalue weighted by molar-refractivity contribution is -0.120. The molecule has 0 radical (unpaired) electrons. The standard InChI is InChI=1S/C9H18N2O3S/c1-2-10-7-9(12)11-6-8-4-3-5-15(8,13)14/h8,10H,2-7H2,1H3,(H,11,12). The first-order valence-corrected chi connectivity index (χ1v) is 6.97. The monoisotopic (exact) mass is 234 g/mol. The maximum Gasteiger partial charge on any atom is 0.233 e. The number of sulfone groups is 1. The highest BCUT2D eigenvalue weighted by molar-refractivity contribution is 7.92. The molecule has 15 heavy (non-hydrogen) atoms. The molecule has 2 N–H and O–H groups in total. The van der Waals surface area contributed by atoms with Crippen LogP contribution in [0.5, 0.6) is 0 Å². The second-order valence-electron chi connectivity index (χ2n) is 3.72. The summed E-state index contributed by atoms with van der Waals surface area (Å²) in [6.07, 6.45) is 1.39. The molecule has 1 saturated heterocycles. The van der Waals surface area contributed by atoms with Gasteiger partial charge in [-0.05, 0) is 19.4 Å². The van der Waals surface area contributed by atoms with E-state index in [1.54, 1.807) is 0 Å². The minimum absolute atomic E-state index is 0.140. The third-order valence-electron chi connectivity index (χ3n) is 2.53. The highest BCUT2D eigenvalue weighted by Crippen LogP contribution is 2.18. The van der Waals surface area contributed by atoms with Crippen molar-refractivity contribution in [2.24, 2.45) is 0 Å². The Morgan fingerprint density at radius 2 is 2.20 bits per heavy atom. The van der Waals surface area contributed by atoms with Crippen LogP contribution in [0.25, 0.3) is 0 Å². The molecule has 1 amide bonds. The van der Waals surface area contributed by atoms with Crippen molar-refractivity contribution >= 4 is 15.7 Å². The van der Waals surface area contributed by atoms with Crippen molar-refractivity contribution in [3.8, 4) is 0 Å². The zero-order chi connectivity index (χ0) is 11.3. The van der Waals surface area contributed by atoms with Crippen LogP contribution >= 0.6 is 0 Å². The molecular weight excluding hydrogens is 216 g/mol. The molecule has 1 unspecified atom stereocenters. The number of amides is 1. The SMILES string of the molecule is CCNCC(=O)NCC1CCCS1(=O)=O. The average Bonchev–Trinajstić information content (AvgIpc) is 2.51. The number of carbonyl (C=O) groups excluding carboxylic acids is 1. The average molecular weight is 234 g/mol. The molecule has 1 heterocycles. The van der Waals surface area contributed by atoms with Crippen LogP contribution in [0.1, 0.15) is 19.8 Å². The molecule has 1 rings (SSSR count). The van der Waals surface area contributed by atoms with Gasteiger partial charge in [0.2, 0.25) is 5.91 Å². The summed E-state index contributed by atoms with van der Waals surface area (Å²) in [7, 11) is -2.94. The first-order chi connectivity index (χ1) is 7.06.